The van der Waals surface area contributed by atoms with E-state index in [2.05, 4.69) is 10.5 Å². The fourth-order valence-electron chi connectivity index (χ4n) is 2.46. The molecular formula is C21H26N2O4. The van der Waals surface area contributed by atoms with Crippen LogP contribution in [0.5, 0.6) is 17.2 Å². The Morgan fingerprint density at radius 2 is 1.44 bits per heavy atom. The van der Waals surface area contributed by atoms with Gasteiger partial charge in [0.25, 0.3) is 5.91 Å². The molecule has 0 fully saturated rings. The first kappa shape index (κ1) is 20.3. The van der Waals surface area contributed by atoms with Gasteiger partial charge in [-0.1, -0.05) is 30.3 Å². The maximum Gasteiger partial charge on any atom is 0.271 e. The van der Waals surface area contributed by atoms with E-state index in [1.807, 2.05) is 58.0 Å². The molecule has 0 radical (unpaired) electrons. The van der Waals surface area contributed by atoms with Crippen molar-refractivity contribution >= 4 is 11.6 Å². The minimum absolute atomic E-state index is 0.352. The van der Waals surface area contributed by atoms with Crippen LogP contribution >= 0.6 is 0 Å². The van der Waals surface area contributed by atoms with Crippen molar-refractivity contribution in [2.75, 3.05) is 19.8 Å². The molecule has 6 nitrogen and oxygen atoms in total. The third kappa shape index (κ3) is 5.48. The molecule has 6 heteroatoms. The zero-order valence-corrected chi connectivity index (χ0v) is 16.2. The van der Waals surface area contributed by atoms with Crippen molar-refractivity contribution in [2.24, 2.45) is 5.10 Å². The van der Waals surface area contributed by atoms with Crippen LogP contribution < -0.4 is 19.6 Å². The van der Waals surface area contributed by atoms with E-state index in [1.165, 1.54) is 0 Å². The lowest BCUT2D eigenvalue weighted by Gasteiger charge is -2.16. The van der Waals surface area contributed by atoms with Gasteiger partial charge in [-0.15, -0.1) is 0 Å². The number of carbonyl (C=O) groups excluding carboxylic acids is 1. The molecule has 0 aromatic heterocycles. The van der Waals surface area contributed by atoms with E-state index in [1.54, 1.807) is 12.1 Å². The topological polar surface area (TPSA) is 69.2 Å². The van der Waals surface area contributed by atoms with Gasteiger partial charge >= 0.3 is 0 Å². The second-order valence-corrected chi connectivity index (χ2v) is 5.60. The van der Waals surface area contributed by atoms with Crippen molar-refractivity contribution in [3.05, 3.63) is 53.6 Å². The Labute approximate surface area is 160 Å². The number of nitrogens with one attached hydrogen (secondary N) is 1. The molecule has 27 heavy (non-hydrogen) atoms. The lowest BCUT2D eigenvalue weighted by Crippen LogP contribution is -2.20. The minimum atomic E-state index is -0.352. The summed E-state index contributed by atoms with van der Waals surface area (Å²) in [5, 5.41) is 4.19. The summed E-state index contributed by atoms with van der Waals surface area (Å²) in [5.74, 6) is 1.09. The summed E-state index contributed by atoms with van der Waals surface area (Å²) in [4.78, 5) is 12.6. The van der Waals surface area contributed by atoms with Crippen molar-refractivity contribution in [3.8, 4) is 17.2 Å². The monoisotopic (exact) mass is 370 g/mol. The highest BCUT2D eigenvalue weighted by Gasteiger charge is 2.18. The Morgan fingerprint density at radius 3 is 1.96 bits per heavy atom. The molecule has 2 aromatic carbocycles. The predicted octanol–water partition coefficient (Wildman–Crippen LogP) is 4.04. The van der Waals surface area contributed by atoms with Crippen molar-refractivity contribution in [3.63, 3.8) is 0 Å². The van der Waals surface area contributed by atoms with Gasteiger partial charge in [-0.2, -0.15) is 5.10 Å². The second kappa shape index (κ2) is 10.2. The Morgan fingerprint density at radius 1 is 0.889 bits per heavy atom. The van der Waals surface area contributed by atoms with Crippen molar-refractivity contribution < 1.29 is 19.0 Å². The fourth-order valence-corrected chi connectivity index (χ4v) is 2.46. The Hall–Kier alpha value is -3.02. The van der Waals surface area contributed by atoms with Crippen LogP contribution in [-0.2, 0) is 0 Å². The number of hydrazone groups is 1. The molecule has 1 N–H and O–H groups in total. The first-order valence-corrected chi connectivity index (χ1v) is 9.07. The van der Waals surface area contributed by atoms with Gasteiger partial charge in [0, 0.05) is 5.56 Å². The van der Waals surface area contributed by atoms with E-state index in [-0.39, 0.29) is 5.91 Å². The number of ether oxygens (including phenoxy) is 3. The summed E-state index contributed by atoms with van der Waals surface area (Å²) in [6, 6.07) is 12.9. The molecule has 0 spiro atoms. The standard InChI is InChI=1S/C21H26N2O4/c1-5-25-18-13-17(14-19(26-6-2)20(18)27-7-3)21(24)23-22-15(4)16-11-9-8-10-12-16/h8-14H,5-7H2,1-4H3,(H,23,24)/b22-15+. The number of benzene rings is 2. The summed E-state index contributed by atoms with van der Waals surface area (Å²) in [6.07, 6.45) is 0. The quantitative estimate of drug-likeness (QED) is 0.534. The fraction of sp³-hybridized carbons (Fsp3) is 0.333. The first-order chi connectivity index (χ1) is 13.1. The van der Waals surface area contributed by atoms with E-state index in [9.17, 15) is 4.79 Å². The van der Waals surface area contributed by atoms with Crippen LogP contribution in [0.25, 0.3) is 0 Å². The van der Waals surface area contributed by atoms with Crippen molar-refractivity contribution in [1.82, 2.24) is 5.43 Å². The SMILES string of the molecule is CCOc1cc(C(=O)N/N=C(\C)c2ccccc2)cc(OCC)c1OCC. The Balaban J connectivity index is 2.29. The zero-order chi connectivity index (χ0) is 19.6. The summed E-state index contributed by atoms with van der Waals surface area (Å²) in [5.41, 5.74) is 4.62. The third-order valence-electron chi connectivity index (χ3n) is 3.69. The highest BCUT2D eigenvalue weighted by atomic mass is 16.5. The summed E-state index contributed by atoms with van der Waals surface area (Å²) in [6.45, 7) is 8.82. The minimum Gasteiger partial charge on any atom is -0.490 e. The highest BCUT2D eigenvalue weighted by molar-refractivity contribution is 6.01. The van der Waals surface area contributed by atoms with Crippen LogP contribution in [0.15, 0.2) is 47.6 Å². The van der Waals surface area contributed by atoms with Crippen LogP contribution in [-0.4, -0.2) is 31.4 Å². The molecule has 144 valence electrons. The number of hydrogen-bond acceptors (Lipinski definition) is 5. The number of carbonyl (C=O) groups is 1. The maximum absolute atomic E-state index is 12.6. The van der Waals surface area contributed by atoms with E-state index in [0.717, 1.165) is 5.56 Å². The van der Waals surface area contributed by atoms with E-state index < -0.39 is 0 Å². The van der Waals surface area contributed by atoms with Gasteiger partial charge < -0.3 is 14.2 Å². The molecule has 0 unspecified atom stereocenters. The first-order valence-electron chi connectivity index (χ1n) is 9.07. The van der Waals surface area contributed by atoms with E-state index >= 15 is 0 Å². The zero-order valence-electron chi connectivity index (χ0n) is 16.2. The van der Waals surface area contributed by atoms with Crippen LogP contribution in [0, 0.1) is 0 Å². The van der Waals surface area contributed by atoms with E-state index in [4.69, 9.17) is 14.2 Å². The molecule has 0 saturated carbocycles. The molecule has 1 amide bonds. The normalized spacial score (nSPS) is 11.0. The molecule has 0 aliphatic heterocycles. The molecule has 0 aliphatic rings. The Bertz CT molecular complexity index is 761. The number of rotatable bonds is 9. The van der Waals surface area contributed by atoms with Gasteiger partial charge in [0.15, 0.2) is 11.5 Å². The molecule has 0 atom stereocenters. The average Bonchev–Trinajstić information content (AvgIpc) is 2.69. The lowest BCUT2D eigenvalue weighted by molar-refractivity contribution is 0.0953. The molecule has 2 aromatic rings. The van der Waals surface area contributed by atoms with Crippen LogP contribution in [0.4, 0.5) is 0 Å². The molecule has 0 heterocycles. The number of hydrogen-bond donors (Lipinski definition) is 1. The van der Waals surface area contributed by atoms with Crippen molar-refractivity contribution in [1.29, 1.82) is 0 Å². The molecule has 2 rings (SSSR count). The number of nitrogens with zero attached hydrogens (tertiary/aromatic N) is 1. The van der Waals surface area contributed by atoms with Crippen LogP contribution in [0.1, 0.15) is 43.6 Å². The van der Waals surface area contributed by atoms with E-state index in [0.29, 0.717) is 48.3 Å². The van der Waals surface area contributed by atoms with Gasteiger partial charge in [0.1, 0.15) is 0 Å². The lowest BCUT2D eigenvalue weighted by atomic mass is 10.1. The highest BCUT2D eigenvalue weighted by Crippen LogP contribution is 2.39. The second-order valence-electron chi connectivity index (χ2n) is 5.60. The molecule has 0 bridgehead atoms. The summed E-state index contributed by atoms with van der Waals surface area (Å²) >= 11 is 0. The average molecular weight is 370 g/mol. The van der Waals surface area contributed by atoms with Crippen LogP contribution in [0.2, 0.25) is 0 Å². The van der Waals surface area contributed by atoms with Gasteiger partial charge in [-0.3, -0.25) is 4.79 Å². The summed E-state index contributed by atoms with van der Waals surface area (Å²) in [7, 11) is 0. The largest absolute Gasteiger partial charge is 0.490 e. The van der Waals surface area contributed by atoms with Crippen molar-refractivity contribution in [2.45, 2.75) is 27.7 Å². The predicted molar refractivity (Wildman–Crippen MR) is 106 cm³/mol. The Kier molecular flexibility index (Phi) is 7.67. The smallest absolute Gasteiger partial charge is 0.271 e. The van der Waals surface area contributed by atoms with Gasteiger partial charge in [0.05, 0.1) is 25.5 Å². The maximum atomic E-state index is 12.6. The third-order valence-corrected chi connectivity index (χ3v) is 3.69. The van der Waals surface area contributed by atoms with Gasteiger partial charge in [-0.05, 0) is 45.4 Å². The van der Waals surface area contributed by atoms with Gasteiger partial charge in [0.2, 0.25) is 5.75 Å². The van der Waals surface area contributed by atoms with Crippen LogP contribution in [0.3, 0.4) is 0 Å². The summed E-state index contributed by atoms with van der Waals surface area (Å²) < 4.78 is 16.9. The molecule has 0 aliphatic carbocycles. The number of amides is 1. The molecule has 0 saturated heterocycles. The molecular weight excluding hydrogens is 344 g/mol. The van der Waals surface area contributed by atoms with Gasteiger partial charge in [-0.25, -0.2) is 5.43 Å².